The second-order valence-electron chi connectivity index (χ2n) is 10.2. The largest absolute Gasteiger partial charge is 0.436 e. The van der Waals surface area contributed by atoms with E-state index in [1.807, 2.05) is 6.07 Å². The maximum Gasteiger partial charge on any atom is 0.405 e. The van der Waals surface area contributed by atoms with Gasteiger partial charge in [0, 0.05) is 25.7 Å². The molecule has 1 saturated carbocycles. The number of hydrogen-bond acceptors (Lipinski definition) is 4. The predicted molar refractivity (Wildman–Crippen MR) is 118 cm³/mol. The van der Waals surface area contributed by atoms with Gasteiger partial charge in [0.05, 0.1) is 0 Å². The van der Waals surface area contributed by atoms with E-state index < -0.39 is 12.2 Å². The van der Waals surface area contributed by atoms with Gasteiger partial charge in [-0.1, -0.05) is 51.1 Å². The van der Waals surface area contributed by atoms with E-state index in [0.29, 0.717) is 18.3 Å². The van der Waals surface area contributed by atoms with Gasteiger partial charge in [0.25, 0.3) is 5.91 Å². The molecule has 3 rings (SSSR count). The number of nitrogens with one attached hydrogen (secondary N) is 1. The van der Waals surface area contributed by atoms with Crippen LogP contribution in [-0.2, 0) is 16.1 Å². The molecular formula is C24H37N3O3. The summed E-state index contributed by atoms with van der Waals surface area (Å²) in [5.41, 5.74) is 6.73. The first-order valence-corrected chi connectivity index (χ1v) is 11.2. The minimum Gasteiger partial charge on any atom is -0.436 e. The minimum atomic E-state index is -0.884. The first-order chi connectivity index (χ1) is 14.2. The number of primary amides is 1. The highest BCUT2D eigenvalue weighted by Gasteiger charge is 2.43. The summed E-state index contributed by atoms with van der Waals surface area (Å²) in [5.74, 6) is 0.881. The van der Waals surface area contributed by atoms with Gasteiger partial charge < -0.3 is 15.8 Å². The molecule has 2 amide bonds. The number of likely N-dealkylation sites (tertiary alicyclic amines) is 1. The Morgan fingerprint density at radius 1 is 1.20 bits per heavy atom. The maximum atomic E-state index is 12.9. The van der Waals surface area contributed by atoms with Crippen molar-refractivity contribution in [1.82, 2.24) is 10.2 Å². The Labute approximate surface area is 180 Å². The fourth-order valence-corrected chi connectivity index (χ4v) is 4.98. The van der Waals surface area contributed by atoms with Crippen molar-refractivity contribution in [3.05, 3.63) is 35.9 Å². The molecule has 0 unspecified atom stereocenters. The lowest BCUT2D eigenvalue weighted by Gasteiger charge is -2.25. The normalized spacial score (nSPS) is 25.0. The summed E-state index contributed by atoms with van der Waals surface area (Å²) in [5, 5.41) is 3.19. The molecule has 0 spiro atoms. The number of benzene rings is 1. The zero-order valence-corrected chi connectivity index (χ0v) is 18.6. The van der Waals surface area contributed by atoms with Crippen LogP contribution in [0.4, 0.5) is 4.79 Å². The fraction of sp³-hybridized carbons (Fsp3) is 0.667. The van der Waals surface area contributed by atoms with Gasteiger partial charge in [0.1, 0.15) is 0 Å². The Morgan fingerprint density at radius 3 is 2.60 bits per heavy atom. The van der Waals surface area contributed by atoms with Gasteiger partial charge in [-0.25, -0.2) is 4.79 Å². The Kier molecular flexibility index (Phi) is 7.40. The van der Waals surface area contributed by atoms with Crippen LogP contribution < -0.4 is 11.1 Å². The molecule has 1 heterocycles. The number of hydrogen-bond donors (Lipinski definition) is 2. The highest BCUT2D eigenvalue weighted by molar-refractivity contribution is 5.83. The standard InChI is InChI=1S/C24H37N3O3/c1-24(2,3)13-7-10-21(30-23(25)29)22(28)26-20-12-11-18-15-27(16-19(18)20)14-17-8-5-4-6-9-17/h4-6,8-9,18-21H,7,10-16H2,1-3H3,(H2,25,29)(H,26,28)/t18-,19+,20+,21-/m0/s1. The summed E-state index contributed by atoms with van der Waals surface area (Å²) in [6.45, 7) is 9.52. The number of amides is 2. The molecule has 4 atom stereocenters. The molecule has 1 aliphatic carbocycles. The summed E-state index contributed by atoms with van der Waals surface area (Å²) in [4.78, 5) is 26.7. The third-order valence-electron chi connectivity index (χ3n) is 6.45. The molecule has 0 bridgehead atoms. The summed E-state index contributed by atoms with van der Waals surface area (Å²) < 4.78 is 5.17. The minimum absolute atomic E-state index is 0.143. The quantitative estimate of drug-likeness (QED) is 0.678. The second-order valence-corrected chi connectivity index (χ2v) is 10.2. The Bertz CT molecular complexity index is 716. The van der Waals surface area contributed by atoms with E-state index in [1.165, 1.54) is 5.56 Å². The summed E-state index contributed by atoms with van der Waals surface area (Å²) in [6, 6.07) is 10.7. The van der Waals surface area contributed by atoms with Crippen molar-refractivity contribution in [2.45, 2.75) is 71.6 Å². The van der Waals surface area contributed by atoms with Gasteiger partial charge in [0.2, 0.25) is 0 Å². The lowest BCUT2D eigenvalue weighted by atomic mass is 9.89. The van der Waals surface area contributed by atoms with Crippen LogP contribution in [0.3, 0.4) is 0 Å². The van der Waals surface area contributed by atoms with Crippen molar-refractivity contribution in [1.29, 1.82) is 0 Å². The van der Waals surface area contributed by atoms with E-state index in [9.17, 15) is 9.59 Å². The number of fused-ring (bicyclic) bond motifs is 1. The van der Waals surface area contributed by atoms with Crippen LogP contribution in [-0.4, -0.2) is 42.1 Å². The van der Waals surface area contributed by atoms with Crippen molar-refractivity contribution in [2.75, 3.05) is 13.1 Å². The van der Waals surface area contributed by atoms with Crippen LogP contribution in [0.5, 0.6) is 0 Å². The SMILES string of the molecule is CC(C)(C)CCC[C@H](OC(N)=O)C(=O)N[C@@H]1CC[C@H]2CN(Cc3ccccc3)C[C@H]21. The third-order valence-corrected chi connectivity index (χ3v) is 6.45. The number of ether oxygens (including phenoxy) is 1. The Balaban J connectivity index is 1.53. The molecular weight excluding hydrogens is 378 g/mol. The number of nitrogens with two attached hydrogens (primary N) is 1. The second kappa shape index (κ2) is 9.82. The van der Waals surface area contributed by atoms with Crippen molar-refractivity contribution in [2.24, 2.45) is 23.0 Å². The molecule has 2 fully saturated rings. The number of carbonyl (C=O) groups excluding carboxylic acids is 2. The van der Waals surface area contributed by atoms with E-state index in [-0.39, 0.29) is 17.4 Å². The highest BCUT2D eigenvalue weighted by atomic mass is 16.6. The van der Waals surface area contributed by atoms with Crippen LogP contribution in [0.1, 0.15) is 58.4 Å². The van der Waals surface area contributed by atoms with E-state index in [4.69, 9.17) is 10.5 Å². The molecule has 30 heavy (non-hydrogen) atoms. The van der Waals surface area contributed by atoms with Crippen molar-refractivity contribution in [3.8, 4) is 0 Å². The van der Waals surface area contributed by atoms with E-state index >= 15 is 0 Å². The monoisotopic (exact) mass is 415 g/mol. The van der Waals surface area contributed by atoms with Crippen LogP contribution in [0.15, 0.2) is 30.3 Å². The van der Waals surface area contributed by atoms with Crippen molar-refractivity contribution >= 4 is 12.0 Å². The average Bonchev–Trinajstić information content (AvgIpc) is 3.21. The smallest absolute Gasteiger partial charge is 0.405 e. The predicted octanol–water partition coefficient (Wildman–Crippen LogP) is 3.69. The third kappa shape index (κ3) is 6.46. The topological polar surface area (TPSA) is 84.7 Å². The zero-order chi connectivity index (χ0) is 21.7. The Morgan fingerprint density at radius 2 is 1.93 bits per heavy atom. The zero-order valence-electron chi connectivity index (χ0n) is 18.6. The van der Waals surface area contributed by atoms with Crippen molar-refractivity contribution < 1.29 is 14.3 Å². The maximum absolute atomic E-state index is 12.9. The number of carbonyl (C=O) groups is 2. The molecule has 0 aromatic heterocycles. The van der Waals surface area contributed by atoms with Gasteiger partial charge in [-0.2, -0.15) is 0 Å². The number of nitrogens with zero attached hydrogens (tertiary/aromatic N) is 1. The molecule has 0 radical (unpaired) electrons. The van der Waals surface area contributed by atoms with Crippen LogP contribution >= 0.6 is 0 Å². The molecule has 3 N–H and O–H groups in total. The number of rotatable bonds is 8. The van der Waals surface area contributed by atoms with E-state index in [1.54, 1.807) is 0 Å². The van der Waals surface area contributed by atoms with Gasteiger partial charge >= 0.3 is 6.09 Å². The molecule has 6 nitrogen and oxygen atoms in total. The van der Waals surface area contributed by atoms with Crippen LogP contribution in [0.25, 0.3) is 0 Å². The first-order valence-electron chi connectivity index (χ1n) is 11.2. The van der Waals surface area contributed by atoms with E-state index in [0.717, 1.165) is 45.3 Å². The molecule has 1 aromatic rings. The lowest BCUT2D eigenvalue weighted by molar-refractivity contribution is -0.130. The molecule has 1 aromatic carbocycles. The fourth-order valence-electron chi connectivity index (χ4n) is 4.98. The summed E-state index contributed by atoms with van der Waals surface area (Å²) in [6.07, 6.45) is 2.72. The van der Waals surface area contributed by atoms with Gasteiger partial charge in [-0.05, 0) is 54.9 Å². The van der Waals surface area contributed by atoms with Crippen LogP contribution in [0, 0.1) is 17.3 Å². The molecule has 1 saturated heterocycles. The molecule has 2 aliphatic rings. The molecule has 166 valence electrons. The van der Waals surface area contributed by atoms with Gasteiger partial charge in [-0.3, -0.25) is 9.69 Å². The molecule has 1 aliphatic heterocycles. The first kappa shape index (κ1) is 22.6. The Hall–Kier alpha value is -2.08. The van der Waals surface area contributed by atoms with E-state index in [2.05, 4.69) is 55.3 Å². The molecule has 6 heteroatoms. The lowest BCUT2D eigenvalue weighted by Crippen LogP contribution is -2.46. The average molecular weight is 416 g/mol. The van der Waals surface area contributed by atoms with Gasteiger partial charge in [0.15, 0.2) is 6.10 Å². The van der Waals surface area contributed by atoms with Gasteiger partial charge in [-0.15, -0.1) is 0 Å². The highest BCUT2D eigenvalue weighted by Crippen LogP contribution is 2.38. The van der Waals surface area contributed by atoms with Crippen molar-refractivity contribution in [3.63, 3.8) is 0 Å². The summed E-state index contributed by atoms with van der Waals surface area (Å²) >= 11 is 0. The van der Waals surface area contributed by atoms with Crippen LogP contribution in [0.2, 0.25) is 0 Å². The summed E-state index contributed by atoms with van der Waals surface area (Å²) in [7, 11) is 0.